The molecule has 2 heterocycles. The number of benzene rings is 1. The van der Waals surface area contributed by atoms with E-state index in [0.717, 1.165) is 16.7 Å². The molecule has 0 bridgehead atoms. The molecule has 3 aromatic rings. The second kappa shape index (κ2) is 6.90. The molecule has 0 saturated carbocycles. The molecule has 2 amide bonds. The second-order valence-electron chi connectivity index (χ2n) is 5.29. The lowest BCUT2D eigenvalue weighted by molar-refractivity contribution is 0.240. The van der Waals surface area contributed by atoms with Crippen LogP contribution >= 0.6 is 0 Å². The van der Waals surface area contributed by atoms with Crippen molar-refractivity contribution in [3.8, 4) is 11.1 Å². The first-order chi connectivity index (χ1) is 11.6. The van der Waals surface area contributed by atoms with Gasteiger partial charge in [0.1, 0.15) is 0 Å². The van der Waals surface area contributed by atoms with E-state index in [9.17, 15) is 4.79 Å². The monoisotopic (exact) mass is 326 g/mol. The lowest BCUT2D eigenvalue weighted by Crippen LogP contribution is -2.35. The van der Waals surface area contributed by atoms with Crippen LogP contribution in [0.25, 0.3) is 11.1 Å². The van der Waals surface area contributed by atoms with Crippen molar-refractivity contribution in [3.05, 3.63) is 48.0 Å². The predicted molar refractivity (Wildman–Crippen MR) is 86.5 cm³/mol. The smallest absolute Gasteiger partial charge is 0.315 e. The van der Waals surface area contributed by atoms with Gasteiger partial charge in [-0.15, -0.1) is 10.2 Å². The van der Waals surface area contributed by atoms with E-state index in [1.807, 2.05) is 37.5 Å². The first-order valence-electron chi connectivity index (χ1n) is 7.43. The zero-order valence-electron chi connectivity index (χ0n) is 13.5. The standard InChI is InChI=1S/C15H18N8O/c1-22-10-12(8-18-22)13-6-4-3-5-11(13)7-16-15(24)17-9-14-19-21-23(2)20-14/h3-6,8,10H,7,9H2,1-2H3,(H2,16,17,24). The van der Waals surface area contributed by atoms with Gasteiger partial charge in [-0.3, -0.25) is 4.68 Å². The Morgan fingerprint density at radius 2 is 1.96 bits per heavy atom. The molecule has 2 aromatic heterocycles. The number of rotatable bonds is 5. The fourth-order valence-electron chi connectivity index (χ4n) is 2.31. The summed E-state index contributed by atoms with van der Waals surface area (Å²) in [5, 5.41) is 21.2. The van der Waals surface area contributed by atoms with Crippen LogP contribution in [-0.2, 0) is 27.2 Å². The van der Waals surface area contributed by atoms with Crippen molar-refractivity contribution in [2.45, 2.75) is 13.1 Å². The SMILES string of the molecule is Cn1cc(-c2ccccc2CNC(=O)NCc2nnn(C)n2)cn1. The number of hydrogen-bond donors (Lipinski definition) is 2. The Labute approximate surface area is 138 Å². The van der Waals surface area contributed by atoms with Gasteiger partial charge in [-0.2, -0.15) is 9.90 Å². The number of aryl methyl sites for hydroxylation is 2. The summed E-state index contributed by atoms with van der Waals surface area (Å²) in [6, 6.07) is 7.61. The lowest BCUT2D eigenvalue weighted by Gasteiger charge is -2.10. The summed E-state index contributed by atoms with van der Waals surface area (Å²) >= 11 is 0. The van der Waals surface area contributed by atoms with Crippen LogP contribution in [0.5, 0.6) is 0 Å². The zero-order chi connectivity index (χ0) is 16.9. The quantitative estimate of drug-likeness (QED) is 0.715. The van der Waals surface area contributed by atoms with Crippen LogP contribution in [0.3, 0.4) is 0 Å². The Hall–Kier alpha value is -3.23. The molecule has 0 saturated heterocycles. The van der Waals surface area contributed by atoms with Crippen LogP contribution in [0, 0.1) is 0 Å². The summed E-state index contributed by atoms with van der Waals surface area (Å²) in [5.74, 6) is 0.461. The number of nitrogens with zero attached hydrogens (tertiary/aromatic N) is 6. The Bertz CT molecular complexity index is 837. The first-order valence-corrected chi connectivity index (χ1v) is 7.43. The highest BCUT2D eigenvalue weighted by molar-refractivity contribution is 5.74. The number of nitrogens with one attached hydrogen (secondary N) is 2. The molecule has 9 nitrogen and oxygen atoms in total. The molecule has 1 aromatic carbocycles. The van der Waals surface area contributed by atoms with Crippen LogP contribution < -0.4 is 10.6 Å². The molecule has 0 aliphatic rings. The Morgan fingerprint density at radius 1 is 1.17 bits per heavy atom. The van der Waals surface area contributed by atoms with Crippen LogP contribution in [0.1, 0.15) is 11.4 Å². The lowest BCUT2D eigenvalue weighted by atomic mass is 10.0. The molecule has 0 aliphatic carbocycles. The Balaban J connectivity index is 1.59. The minimum absolute atomic E-state index is 0.226. The minimum Gasteiger partial charge on any atom is -0.334 e. The van der Waals surface area contributed by atoms with Crippen molar-refractivity contribution in [2.75, 3.05) is 0 Å². The molecule has 3 rings (SSSR count). The highest BCUT2D eigenvalue weighted by atomic mass is 16.2. The molecular weight excluding hydrogens is 308 g/mol. The summed E-state index contributed by atoms with van der Waals surface area (Å²) in [6.45, 7) is 0.634. The van der Waals surface area contributed by atoms with Gasteiger partial charge >= 0.3 is 6.03 Å². The molecule has 0 fully saturated rings. The molecular formula is C15H18N8O. The number of hydrogen-bond acceptors (Lipinski definition) is 5. The maximum atomic E-state index is 11.9. The molecule has 0 unspecified atom stereocenters. The van der Waals surface area contributed by atoms with Gasteiger partial charge in [-0.25, -0.2) is 4.79 Å². The van der Waals surface area contributed by atoms with Crippen molar-refractivity contribution >= 4 is 6.03 Å². The van der Waals surface area contributed by atoms with Crippen LogP contribution in [0.15, 0.2) is 36.7 Å². The number of carbonyl (C=O) groups is 1. The van der Waals surface area contributed by atoms with Gasteiger partial charge in [0.2, 0.25) is 0 Å². The molecule has 0 aliphatic heterocycles. The summed E-state index contributed by atoms with van der Waals surface area (Å²) in [4.78, 5) is 13.3. The van der Waals surface area contributed by atoms with Crippen molar-refractivity contribution in [1.82, 2.24) is 40.6 Å². The highest BCUT2D eigenvalue weighted by Crippen LogP contribution is 2.22. The maximum Gasteiger partial charge on any atom is 0.315 e. The number of urea groups is 1. The average molecular weight is 326 g/mol. The van der Waals surface area contributed by atoms with Crippen molar-refractivity contribution in [1.29, 1.82) is 0 Å². The number of tetrazole rings is 1. The van der Waals surface area contributed by atoms with Gasteiger partial charge in [-0.1, -0.05) is 24.3 Å². The summed E-state index contributed by atoms with van der Waals surface area (Å²) in [5.41, 5.74) is 3.07. The molecule has 0 atom stereocenters. The van der Waals surface area contributed by atoms with Crippen molar-refractivity contribution in [3.63, 3.8) is 0 Å². The predicted octanol–water partition coefficient (Wildman–Crippen LogP) is 0.610. The van der Waals surface area contributed by atoms with Crippen molar-refractivity contribution < 1.29 is 4.79 Å². The zero-order valence-corrected chi connectivity index (χ0v) is 13.5. The molecule has 9 heteroatoms. The Kier molecular flexibility index (Phi) is 4.50. The topological polar surface area (TPSA) is 103 Å². The summed E-state index contributed by atoms with van der Waals surface area (Å²) in [7, 11) is 3.55. The molecule has 2 N–H and O–H groups in total. The van der Waals surface area contributed by atoms with E-state index in [4.69, 9.17) is 0 Å². The van der Waals surface area contributed by atoms with Gasteiger partial charge in [0.05, 0.1) is 19.8 Å². The number of aromatic nitrogens is 6. The van der Waals surface area contributed by atoms with Crippen LogP contribution in [-0.4, -0.2) is 36.0 Å². The maximum absolute atomic E-state index is 11.9. The summed E-state index contributed by atoms with van der Waals surface area (Å²) in [6.07, 6.45) is 3.75. The second-order valence-corrected chi connectivity index (χ2v) is 5.29. The van der Waals surface area contributed by atoms with E-state index in [2.05, 4.69) is 31.1 Å². The fraction of sp³-hybridized carbons (Fsp3) is 0.267. The van der Waals surface area contributed by atoms with Gasteiger partial charge in [0.25, 0.3) is 0 Å². The molecule has 24 heavy (non-hydrogen) atoms. The normalized spacial score (nSPS) is 10.6. The first kappa shape index (κ1) is 15.7. The third-order valence-electron chi connectivity index (χ3n) is 3.43. The van der Waals surface area contributed by atoms with Gasteiger partial charge < -0.3 is 10.6 Å². The molecule has 0 spiro atoms. The number of amides is 2. The van der Waals surface area contributed by atoms with Gasteiger partial charge in [-0.05, 0) is 16.3 Å². The molecule has 124 valence electrons. The van der Waals surface area contributed by atoms with E-state index in [0.29, 0.717) is 12.4 Å². The highest BCUT2D eigenvalue weighted by Gasteiger charge is 2.08. The van der Waals surface area contributed by atoms with E-state index in [-0.39, 0.29) is 12.6 Å². The number of carbonyl (C=O) groups excluding carboxylic acids is 1. The van der Waals surface area contributed by atoms with Crippen molar-refractivity contribution in [2.24, 2.45) is 14.1 Å². The largest absolute Gasteiger partial charge is 0.334 e. The summed E-state index contributed by atoms with van der Waals surface area (Å²) < 4.78 is 1.75. The third kappa shape index (κ3) is 3.75. The van der Waals surface area contributed by atoms with Crippen LogP contribution in [0.2, 0.25) is 0 Å². The van der Waals surface area contributed by atoms with E-state index in [1.165, 1.54) is 4.80 Å². The van der Waals surface area contributed by atoms with Crippen LogP contribution in [0.4, 0.5) is 4.79 Å². The minimum atomic E-state index is -0.288. The Morgan fingerprint density at radius 3 is 2.67 bits per heavy atom. The van der Waals surface area contributed by atoms with E-state index in [1.54, 1.807) is 17.9 Å². The fourth-order valence-corrected chi connectivity index (χ4v) is 2.31. The van der Waals surface area contributed by atoms with Gasteiger partial charge in [0, 0.05) is 25.4 Å². The average Bonchev–Trinajstić information content (AvgIpc) is 3.19. The van der Waals surface area contributed by atoms with E-state index >= 15 is 0 Å². The van der Waals surface area contributed by atoms with Gasteiger partial charge in [0.15, 0.2) is 5.82 Å². The molecule has 0 radical (unpaired) electrons. The third-order valence-corrected chi connectivity index (χ3v) is 3.43. The van der Waals surface area contributed by atoms with E-state index < -0.39 is 0 Å².